The van der Waals surface area contributed by atoms with Crippen molar-refractivity contribution in [3.63, 3.8) is 0 Å². The zero-order chi connectivity index (χ0) is 25.9. The highest BCUT2D eigenvalue weighted by Crippen LogP contribution is 2.47. The average molecular weight is 536 g/mol. The van der Waals surface area contributed by atoms with Crippen LogP contribution >= 0.6 is 0 Å². The van der Waals surface area contributed by atoms with E-state index < -0.39 is 42.9 Å². The Morgan fingerprint density at radius 1 is 0.719 bits per heavy atom. The SMILES string of the molecule is CCCC[N+]1(CC)CCCC1.O=S(=O)([N-]S(=O)(=O)C(F)(F)C(F)(F)F)C(F)(F)C(F)(F)F. The van der Waals surface area contributed by atoms with Gasteiger partial charge in [-0.05, 0) is 13.3 Å². The molecule has 1 heterocycles. The Kier molecular flexibility index (Phi) is 9.89. The van der Waals surface area contributed by atoms with Gasteiger partial charge in [0.15, 0.2) is 20.0 Å². The number of rotatable bonds is 8. The van der Waals surface area contributed by atoms with Gasteiger partial charge in [0.1, 0.15) is 0 Å². The molecule has 0 aromatic rings. The van der Waals surface area contributed by atoms with Crippen molar-refractivity contribution >= 4 is 20.0 Å². The molecule has 0 N–H and O–H groups in total. The van der Waals surface area contributed by atoms with Gasteiger partial charge in [-0.25, -0.2) is 16.8 Å². The third kappa shape index (κ3) is 6.82. The summed E-state index contributed by atoms with van der Waals surface area (Å²) >= 11 is 0. The number of likely N-dealkylation sites (tertiary alicyclic amines) is 1. The Hall–Kier alpha value is -0.880. The second-order valence-corrected chi connectivity index (χ2v) is 10.5. The Bertz CT molecular complexity index is 763. The van der Waals surface area contributed by atoms with Crippen molar-refractivity contribution in [2.24, 2.45) is 0 Å². The van der Waals surface area contributed by atoms with E-state index in [9.17, 15) is 60.7 Å². The molecule has 32 heavy (non-hydrogen) atoms. The van der Waals surface area contributed by atoms with Crippen LogP contribution in [0.5, 0.6) is 0 Å². The summed E-state index contributed by atoms with van der Waals surface area (Å²) in [6, 6.07) is 0. The molecule has 0 bridgehead atoms. The summed E-state index contributed by atoms with van der Waals surface area (Å²) in [4.78, 5) is 0. The number of hydrogen-bond donors (Lipinski definition) is 0. The van der Waals surface area contributed by atoms with E-state index in [0.717, 1.165) is 0 Å². The number of alkyl halides is 10. The van der Waals surface area contributed by atoms with E-state index in [2.05, 4.69) is 13.8 Å². The number of halogens is 10. The molecule has 0 aliphatic carbocycles. The molecular formula is C14H22F10N2O4S2. The minimum atomic E-state index is -7.62. The zero-order valence-corrected chi connectivity index (χ0v) is 18.4. The van der Waals surface area contributed by atoms with Gasteiger partial charge in [0, 0.05) is 12.8 Å². The summed E-state index contributed by atoms with van der Waals surface area (Å²) in [5.41, 5.74) is 0. The highest BCUT2D eigenvalue weighted by Gasteiger charge is 2.68. The van der Waals surface area contributed by atoms with Crippen LogP contribution in [0, 0.1) is 0 Å². The standard InChI is InChI=1S/C10H22N.C4F10NO4S2/c1-3-5-8-11(4-2)9-6-7-10-11;5-1(6,7)3(11,12)20(16,17)15-21(18,19)4(13,14)2(8,9)10/h3-10H2,1-2H3;/q+1;-1. The van der Waals surface area contributed by atoms with Crippen LogP contribution in [0.1, 0.15) is 39.5 Å². The van der Waals surface area contributed by atoms with E-state index in [4.69, 9.17) is 0 Å². The third-order valence-corrected chi connectivity index (χ3v) is 8.00. The molecule has 1 saturated heterocycles. The largest absolute Gasteiger partial charge is 0.467 e. The lowest BCUT2D eigenvalue weighted by Gasteiger charge is -2.32. The highest BCUT2D eigenvalue weighted by atomic mass is 32.3. The number of quaternary nitrogens is 1. The first-order valence-corrected chi connectivity index (χ1v) is 11.9. The maximum atomic E-state index is 12.3. The van der Waals surface area contributed by atoms with Crippen LogP contribution in [-0.4, -0.2) is 70.4 Å². The predicted octanol–water partition coefficient (Wildman–Crippen LogP) is 4.75. The Balaban J connectivity index is 0.000000726. The molecule has 1 aliphatic heterocycles. The fraction of sp³-hybridized carbons (Fsp3) is 1.00. The number of unbranched alkanes of at least 4 members (excludes halogenated alkanes) is 1. The van der Waals surface area contributed by atoms with Crippen LogP contribution in [0.2, 0.25) is 0 Å². The van der Waals surface area contributed by atoms with Gasteiger partial charge in [0.2, 0.25) is 0 Å². The summed E-state index contributed by atoms with van der Waals surface area (Å²) in [5, 5.41) is -14.0. The molecule has 0 radical (unpaired) electrons. The van der Waals surface area contributed by atoms with Gasteiger partial charge >= 0.3 is 22.9 Å². The van der Waals surface area contributed by atoms with E-state index in [0.29, 0.717) is 4.13 Å². The monoisotopic (exact) mass is 536 g/mol. The fourth-order valence-corrected chi connectivity index (χ4v) is 5.08. The van der Waals surface area contributed by atoms with Crippen molar-refractivity contribution < 1.29 is 65.2 Å². The number of sulfonamides is 2. The van der Waals surface area contributed by atoms with E-state index in [1.165, 1.54) is 56.3 Å². The summed E-state index contributed by atoms with van der Waals surface area (Å²) < 4.78 is 162. The molecule has 0 saturated carbocycles. The summed E-state index contributed by atoms with van der Waals surface area (Å²) in [5.74, 6) is 0. The first-order chi connectivity index (χ1) is 14.0. The van der Waals surface area contributed by atoms with Crippen molar-refractivity contribution in [3.05, 3.63) is 4.13 Å². The molecular weight excluding hydrogens is 514 g/mol. The predicted molar refractivity (Wildman–Crippen MR) is 92.7 cm³/mol. The molecule has 1 fully saturated rings. The minimum Gasteiger partial charge on any atom is -0.425 e. The van der Waals surface area contributed by atoms with Gasteiger partial charge in [-0.1, -0.05) is 13.3 Å². The van der Waals surface area contributed by atoms with E-state index in [-0.39, 0.29) is 0 Å². The molecule has 0 aromatic carbocycles. The normalized spacial score (nSPS) is 18.2. The zero-order valence-electron chi connectivity index (χ0n) is 16.8. The van der Waals surface area contributed by atoms with Crippen LogP contribution in [0.15, 0.2) is 0 Å². The lowest BCUT2D eigenvalue weighted by molar-refractivity contribution is -0.915. The lowest BCUT2D eigenvalue weighted by atomic mass is 10.3. The van der Waals surface area contributed by atoms with Crippen LogP contribution in [0.3, 0.4) is 0 Å². The van der Waals surface area contributed by atoms with Crippen LogP contribution in [0.4, 0.5) is 43.9 Å². The molecule has 18 heteroatoms. The van der Waals surface area contributed by atoms with Crippen LogP contribution < -0.4 is 0 Å². The van der Waals surface area contributed by atoms with E-state index in [1.54, 1.807) is 0 Å². The molecule has 0 unspecified atom stereocenters. The lowest BCUT2D eigenvalue weighted by Crippen LogP contribution is -2.48. The molecule has 0 aromatic heterocycles. The van der Waals surface area contributed by atoms with Crippen molar-refractivity contribution in [3.8, 4) is 0 Å². The molecule has 6 nitrogen and oxygen atoms in total. The van der Waals surface area contributed by atoms with E-state index in [1.807, 2.05) is 0 Å². The maximum absolute atomic E-state index is 12.3. The van der Waals surface area contributed by atoms with Crippen LogP contribution in [0.25, 0.3) is 4.13 Å². The van der Waals surface area contributed by atoms with Gasteiger partial charge in [0.05, 0.1) is 26.2 Å². The summed E-state index contributed by atoms with van der Waals surface area (Å²) in [7, 11) is -15.2. The molecule has 1 aliphatic rings. The summed E-state index contributed by atoms with van der Waals surface area (Å²) in [6.07, 6.45) is -8.28. The Labute approximate surface area is 178 Å². The summed E-state index contributed by atoms with van der Waals surface area (Å²) in [6.45, 7) is 10.4. The quantitative estimate of drug-likeness (QED) is 0.331. The van der Waals surface area contributed by atoms with Gasteiger partial charge in [0.25, 0.3) is 0 Å². The molecule has 0 atom stereocenters. The smallest absolute Gasteiger partial charge is 0.425 e. The average Bonchev–Trinajstić information content (AvgIpc) is 3.07. The van der Waals surface area contributed by atoms with Gasteiger partial charge in [-0.3, -0.25) is 0 Å². The van der Waals surface area contributed by atoms with Crippen molar-refractivity contribution in [2.45, 2.75) is 62.4 Å². The molecule has 0 spiro atoms. The fourth-order valence-electron chi connectivity index (χ4n) is 2.71. The first-order valence-electron chi connectivity index (χ1n) is 9.01. The Morgan fingerprint density at radius 3 is 1.31 bits per heavy atom. The van der Waals surface area contributed by atoms with Gasteiger partial charge in [-0.2, -0.15) is 43.9 Å². The number of nitrogens with zero attached hydrogens (tertiary/aromatic N) is 2. The maximum Gasteiger partial charge on any atom is 0.467 e. The van der Waals surface area contributed by atoms with Crippen LogP contribution in [-0.2, 0) is 20.0 Å². The molecule has 0 amide bonds. The van der Waals surface area contributed by atoms with Crippen molar-refractivity contribution in [1.29, 1.82) is 0 Å². The van der Waals surface area contributed by atoms with Gasteiger partial charge in [-0.15, -0.1) is 0 Å². The van der Waals surface area contributed by atoms with Crippen molar-refractivity contribution in [1.82, 2.24) is 0 Å². The molecule has 1 rings (SSSR count). The van der Waals surface area contributed by atoms with E-state index >= 15 is 0 Å². The second-order valence-electron chi connectivity index (χ2n) is 6.94. The second kappa shape index (κ2) is 10.2. The third-order valence-electron chi connectivity index (χ3n) is 4.68. The minimum absolute atomic E-state index is 0.422. The first kappa shape index (κ1) is 31.1. The molecule has 194 valence electrons. The Morgan fingerprint density at radius 2 is 1.06 bits per heavy atom. The van der Waals surface area contributed by atoms with Crippen molar-refractivity contribution in [2.75, 3.05) is 26.2 Å². The number of hydrogen-bond acceptors (Lipinski definition) is 4. The highest BCUT2D eigenvalue weighted by molar-refractivity contribution is 8.13. The van der Waals surface area contributed by atoms with Gasteiger partial charge < -0.3 is 8.61 Å². The topological polar surface area (TPSA) is 82.4 Å².